The molecule has 4 rings (SSSR count). The quantitative estimate of drug-likeness (QED) is 0.391. The largest absolute Gasteiger partial charge is 0.416 e. The normalized spacial score (nSPS) is 13.7. The molecule has 2 aromatic carbocycles. The molecule has 1 aliphatic rings. The van der Waals surface area contributed by atoms with Crippen LogP contribution in [0.3, 0.4) is 0 Å². The number of hydrogen-bond donors (Lipinski definition) is 0. The lowest BCUT2D eigenvalue weighted by Gasteiger charge is -2.37. The lowest BCUT2D eigenvalue weighted by molar-refractivity contribution is -0.137. The Balaban J connectivity index is 1.50. The van der Waals surface area contributed by atoms with Crippen LogP contribution in [0.4, 0.5) is 24.7 Å². The summed E-state index contributed by atoms with van der Waals surface area (Å²) < 4.78 is 39.2. The van der Waals surface area contributed by atoms with Gasteiger partial charge in [0.25, 0.3) is 0 Å². The lowest BCUT2D eigenvalue weighted by Crippen LogP contribution is -2.41. The first-order chi connectivity index (χ1) is 17.5. The third-order valence-corrected chi connectivity index (χ3v) is 6.49. The van der Waals surface area contributed by atoms with Gasteiger partial charge in [0.05, 0.1) is 12.2 Å². The minimum atomic E-state index is -4.49. The van der Waals surface area contributed by atoms with E-state index in [2.05, 4.69) is 19.7 Å². The van der Waals surface area contributed by atoms with Crippen molar-refractivity contribution in [2.75, 3.05) is 44.2 Å². The Labute approximate surface area is 215 Å². The van der Waals surface area contributed by atoms with E-state index in [0.717, 1.165) is 65.5 Å². The number of anilines is 2. The van der Waals surface area contributed by atoms with Gasteiger partial charge in [-0.25, -0.2) is 9.97 Å². The van der Waals surface area contributed by atoms with E-state index in [4.69, 9.17) is 4.98 Å². The maximum Gasteiger partial charge on any atom is 0.416 e. The Hall–Kier alpha value is -3.46. The Bertz CT molecular complexity index is 1270. The molecule has 0 radical (unpaired) electrons. The van der Waals surface area contributed by atoms with Gasteiger partial charge in [0, 0.05) is 49.4 Å². The Kier molecular flexibility index (Phi) is 7.82. The maximum atomic E-state index is 13.1. The van der Waals surface area contributed by atoms with Gasteiger partial charge in [-0.3, -0.25) is 4.79 Å². The molecule has 0 atom stereocenters. The number of carbonyl (C=O) groups excluding carboxylic acids is 1. The van der Waals surface area contributed by atoms with Crippen LogP contribution < -0.4 is 9.80 Å². The fraction of sp³-hybridized carbons (Fsp3) is 0.393. The first kappa shape index (κ1) is 26.6. The number of fused-ring (bicyclic) bond motifs is 1. The van der Waals surface area contributed by atoms with Crippen molar-refractivity contribution in [1.82, 2.24) is 14.9 Å². The molecule has 0 fully saturated rings. The number of carbonyl (C=O) groups is 1. The van der Waals surface area contributed by atoms with Crippen LogP contribution in [0, 0.1) is 6.92 Å². The summed E-state index contributed by atoms with van der Waals surface area (Å²) in [5, 5.41) is 0. The lowest BCUT2D eigenvalue weighted by atomic mass is 9.99. The standard InChI is InChI=1S/C28H32F3N5O/c1-19-10-11-20(14-25(37)21-7-5-8-23(15-21)28(29,30)31)13-24(19)36-17-22-16-32-26(9-6-12-34(2)3)33-27(22)35(4)18-36/h5,7-8,10-11,13,15-16H,6,9,12,14,17-18H2,1-4H3. The van der Waals surface area contributed by atoms with Crippen molar-refractivity contribution in [3.8, 4) is 0 Å². The van der Waals surface area contributed by atoms with Crippen LogP contribution in [-0.2, 0) is 25.6 Å². The predicted octanol–water partition coefficient (Wildman–Crippen LogP) is 5.14. The fourth-order valence-corrected chi connectivity index (χ4v) is 4.55. The highest BCUT2D eigenvalue weighted by Gasteiger charge is 2.31. The van der Waals surface area contributed by atoms with Gasteiger partial charge in [-0.15, -0.1) is 0 Å². The van der Waals surface area contributed by atoms with Gasteiger partial charge in [0.15, 0.2) is 5.78 Å². The van der Waals surface area contributed by atoms with Gasteiger partial charge in [0.2, 0.25) is 0 Å². The minimum absolute atomic E-state index is 0.0221. The van der Waals surface area contributed by atoms with E-state index < -0.39 is 11.7 Å². The first-order valence-electron chi connectivity index (χ1n) is 12.3. The number of Topliss-reactive ketones (excluding diaryl/α,β-unsaturated/α-hetero) is 1. The molecule has 0 saturated carbocycles. The summed E-state index contributed by atoms with van der Waals surface area (Å²) in [4.78, 5) is 28.6. The van der Waals surface area contributed by atoms with E-state index in [9.17, 15) is 18.0 Å². The van der Waals surface area contributed by atoms with Crippen molar-refractivity contribution in [3.05, 3.63) is 82.3 Å². The molecule has 2 heterocycles. The summed E-state index contributed by atoms with van der Waals surface area (Å²) in [6.07, 6.45) is -0.752. The molecule has 0 unspecified atom stereocenters. The topological polar surface area (TPSA) is 52.6 Å². The van der Waals surface area contributed by atoms with Crippen LogP contribution >= 0.6 is 0 Å². The van der Waals surface area contributed by atoms with Gasteiger partial charge in [-0.05, 0) is 63.3 Å². The highest BCUT2D eigenvalue weighted by atomic mass is 19.4. The molecule has 1 aliphatic heterocycles. The number of aromatic nitrogens is 2. The van der Waals surface area contributed by atoms with Crippen LogP contribution in [0.5, 0.6) is 0 Å². The van der Waals surface area contributed by atoms with Gasteiger partial charge in [0.1, 0.15) is 11.6 Å². The molecule has 0 spiro atoms. The first-order valence-corrected chi connectivity index (χ1v) is 12.3. The number of rotatable bonds is 8. The van der Waals surface area contributed by atoms with Crippen molar-refractivity contribution >= 4 is 17.3 Å². The third-order valence-electron chi connectivity index (χ3n) is 6.49. The average molecular weight is 512 g/mol. The minimum Gasteiger partial charge on any atom is -0.349 e. The van der Waals surface area contributed by atoms with E-state index in [0.29, 0.717) is 13.2 Å². The summed E-state index contributed by atoms with van der Waals surface area (Å²) in [5.41, 5.74) is 3.04. The fourth-order valence-electron chi connectivity index (χ4n) is 4.55. The molecule has 0 bridgehead atoms. The second-order valence-electron chi connectivity index (χ2n) is 9.88. The molecule has 0 saturated heterocycles. The van der Waals surface area contributed by atoms with Crippen LogP contribution in [0.15, 0.2) is 48.7 Å². The molecular weight excluding hydrogens is 479 g/mol. The smallest absolute Gasteiger partial charge is 0.349 e. The Morgan fingerprint density at radius 2 is 1.92 bits per heavy atom. The molecule has 196 valence electrons. The number of nitrogens with zero attached hydrogens (tertiary/aromatic N) is 5. The third kappa shape index (κ3) is 6.46. The summed E-state index contributed by atoms with van der Waals surface area (Å²) in [5.74, 6) is 1.42. The zero-order chi connectivity index (χ0) is 26.7. The molecule has 1 aromatic heterocycles. The molecule has 9 heteroatoms. The highest BCUT2D eigenvalue weighted by molar-refractivity contribution is 5.97. The summed E-state index contributed by atoms with van der Waals surface area (Å²) in [6.45, 7) is 4.24. The molecule has 0 N–H and O–H groups in total. The van der Waals surface area contributed by atoms with E-state index in [1.165, 1.54) is 12.1 Å². The SMILES string of the molecule is Cc1ccc(CC(=O)c2cccc(C(F)(F)F)c2)cc1N1Cc2cnc(CCCN(C)C)nc2N(C)C1. The second kappa shape index (κ2) is 10.9. The summed E-state index contributed by atoms with van der Waals surface area (Å²) >= 11 is 0. The number of aryl methyl sites for hydroxylation is 2. The van der Waals surface area contributed by atoms with Gasteiger partial charge < -0.3 is 14.7 Å². The predicted molar refractivity (Wildman–Crippen MR) is 139 cm³/mol. The van der Waals surface area contributed by atoms with Gasteiger partial charge in [-0.2, -0.15) is 13.2 Å². The number of alkyl halides is 3. The number of benzene rings is 2. The molecule has 0 amide bonds. The van der Waals surface area contributed by atoms with E-state index in [1.54, 1.807) is 0 Å². The monoisotopic (exact) mass is 511 g/mol. The second-order valence-corrected chi connectivity index (χ2v) is 9.88. The van der Waals surface area contributed by atoms with E-state index in [-0.39, 0.29) is 17.8 Å². The van der Waals surface area contributed by atoms with Gasteiger partial charge >= 0.3 is 6.18 Å². The van der Waals surface area contributed by atoms with Crippen LogP contribution in [-0.4, -0.2) is 55.0 Å². The van der Waals surface area contributed by atoms with Crippen LogP contribution in [0.2, 0.25) is 0 Å². The van der Waals surface area contributed by atoms with Crippen molar-refractivity contribution in [2.45, 2.75) is 38.9 Å². The maximum absolute atomic E-state index is 13.1. The van der Waals surface area contributed by atoms with Crippen molar-refractivity contribution in [1.29, 1.82) is 0 Å². The summed E-state index contributed by atoms with van der Waals surface area (Å²) in [7, 11) is 6.10. The Morgan fingerprint density at radius 3 is 2.65 bits per heavy atom. The number of hydrogen-bond acceptors (Lipinski definition) is 6. The molecule has 3 aromatic rings. The zero-order valence-corrected chi connectivity index (χ0v) is 21.6. The summed E-state index contributed by atoms with van der Waals surface area (Å²) in [6, 6.07) is 10.4. The van der Waals surface area contributed by atoms with Crippen molar-refractivity contribution in [2.24, 2.45) is 0 Å². The molecular formula is C28H32F3N5O. The van der Waals surface area contributed by atoms with Crippen LogP contribution in [0.1, 0.15) is 44.9 Å². The van der Waals surface area contributed by atoms with Crippen molar-refractivity contribution in [3.63, 3.8) is 0 Å². The van der Waals surface area contributed by atoms with E-state index >= 15 is 0 Å². The number of halogens is 3. The number of ketones is 1. The molecule has 37 heavy (non-hydrogen) atoms. The van der Waals surface area contributed by atoms with E-state index in [1.807, 2.05) is 52.5 Å². The Morgan fingerprint density at radius 1 is 1.14 bits per heavy atom. The van der Waals surface area contributed by atoms with Gasteiger partial charge in [-0.1, -0.05) is 24.3 Å². The zero-order valence-electron chi connectivity index (χ0n) is 21.6. The van der Waals surface area contributed by atoms with Crippen molar-refractivity contribution < 1.29 is 18.0 Å². The average Bonchev–Trinajstić information content (AvgIpc) is 2.84. The molecule has 6 nitrogen and oxygen atoms in total. The molecule has 0 aliphatic carbocycles. The highest BCUT2D eigenvalue weighted by Crippen LogP contribution is 2.32. The van der Waals surface area contributed by atoms with Crippen LogP contribution in [0.25, 0.3) is 0 Å².